The van der Waals surface area contributed by atoms with Crippen molar-refractivity contribution in [2.24, 2.45) is 5.92 Å². The van der Waals surface area contributed by atoms with Crippen molar-refractivity contribution in [3.05, 3.63) is 0 Å². The highest BCUT2D eigenvalue weighted by molar-refractivity contribution is 5.75. The molecule has 1 aliphatic heterocycles. The van der Waals surface area contributed by atoms with Crippen molar-refractivity contribution in [2.75, 3.05) is 19.6 Å². The number of hydrogen-bond acceptors (Lipinski definition) is 2. The molecule has 1 heterocycles. The second-order valence-electron chi connectivity index (χ2n) is 5.93. The van der Waals surface area contributed by atoms with Gasteiger partial charge in [-0.2, -0.15) is 0 Å². The van der Waals surface area contributed by atoms with Crippen molar-refractivity contribution < 1.29 is 4.79 Å². The van der Waals surface area contributed by atoms with Gasteiger partial charge in [0.25, 0.3) is 0 Å². The van der Waals surface area contributed by atoms with Crippen LogP contribution < -0.4 is 5.32 Å². The second kappa shape index (κ2) is 8.52. The van der Waals surface area contributed by atoms with E-state index in [2.05, 4.69) is 31.0 Å². The molecule has 1 saturated heterocycles. The zero-order valence-corrected chi connectivity index (χ0v) is 12.4. The molecule has 0 spiro atoms. The number of nitrogens with zero attached hydrogens (tertiary/aromatic N) is 1. The molecule has 1 aliphatic rings. The van der Waals surface area contributed by atoms with Gasteiger partial charge in [-0.05, 0) is 44.7 Å². The van der Waals surface area contributed by atoms with Crippen LogP contribution in [-0.4, -0.2) is 36.5 Å². The van der Waals surface area contributed by atoms with Crippen molar-refractivity contribution >= 4 is 5.91 Å². The standard InChI is InChI=1S/C15H30N2O/c1-4-8-15(18)16-12-14(11-13(2)3)17-9-6-5-7-10-17/h13-14H,4-12H2,1-3H3,(H,16,18). The highest BCUT2D eigenvalue weighted by Gasteiger charge is 2.21. The van der Waals surface area contributed by atoms with Crippen molar-refractivity contribution in [3.63, 3.8) is 0 Å². The van der Waals surface area contributed by atoms with E-state index in [0.29, 0.717) is 18.4 Å². The van der Waals surface area contributed by atoms with E-state index in [4.69, 9.17) is 0 Å². The number of amides is 1. The summed E-state index contributed by atoms with van der Waals surface area (Å²) >= 11 is 0. The third-order valence-corrected chi connectivity index (χ3v) is 3.66. The molecule has 1 amide bonds. The molecule has 0 aliphatic carbocycles. The van der Waals surface area contributed by atoms with Crippen LogP contribution in [-0.2, 0) is 4.79 Å². The SMILES string of the molecule is CCCC(=O)NCC(CC(C)C)N1CCCCC1. The van der Waals surface area contributed by atoms with Gasteiger partial charge in [0.1, 0.15) is 0 Å². The molecule has 0 saturated carbocycles. The molecule has 1 N–H and O–H groups in total. The van der Waals surface area contributed by atoms with Gasteiger partial charge >= 0.3 is 0 Å². The van der Waals surface area contributed by atoms with Gasteiger partial charge in [0, 0.05) is 19.0 Å². The lowest BCUT2D eigenvalue weighted by atomic mass is 9.99. The summed E-state index contributed by atoms with van der Waals surface area (Å²) in [6, 6.07) is 0.533. The number of hydrogen-bond donors (Lipinski definition) is 1. The van der Waals surface area contributed by atoms with Crippen LogP contribution in [0.25, 0.3) is 0 Å². The minimum atomic E-state index is 0.211. The van der Waals surface area contributed by atoms with Crippen LogP contribution in [0.15, 0.2) is 0 Å². The molecule has 18 heavy (non-hydrogen) atoms. The molecule has 0 bridgehead atoms. The Morgan fingerprint density at radius 1 is 1.22 bits per heavy atom. The molecule has 1 rings (SSSR count). The van der Waals surface area contributed by atoms with Crippen molar-refractivity contribution in [1.82, 2.24) is 10.2 Å². The molecule has 0 aromatic heterocycles. The predicted octanol–water partition coefficient (Wildman–Crippen LogP) is 2.80. The maximum atomic E-state index is 11.6. The molecule has 0 aromatic rings. The van der Waals surface area contributed by atoms with E-state index in [-0.39, 0.29) is 5.91 Å². The van der Waals surface area contributed by atoms with Gasteiger partial charge in [-0.15, -0.1) is 0 Å². The van der Waals surface area contributed by atoms with E-state index < -0.39 is 0 Å². The molecule has 3 nitrogen and oxygen atoms in total. The Labute approximate surface area is 112 Å². The van der Waals surface area contributed by atoms with Crippen LogP contribution in [0.2, 0.25) is 0 Å². The molecule has 3 heteroatoms. The van der Waals surface area contributed by atoms with Gasteiger partial charge in [0.15, 0.2) is 0 Å². The zero-order chi connectivity index (χ0) is 13.4. The topological polar surface area (TPSA) is 32.3 Å². The smallest absolute Gasteiger partial charge is 0.220 e. The van der Waals surface area contributed by atoms with E-state index in [0.717, 1.165) is 13.0 Å². The minimum absolute atomic E-state index is 0.211. The molecule has 1 fully saturated rings. The van der Waals surface area contributed by atoms with Crippen LogP contribution in [0.5, 0.6) is 0 Å². The maximum absolute atomic E-state index is 11.6. The van der Waals surface area contributed by atoms with E-state index >= 15 is 0 Å². The van der Waals surface area contributed by atoms with Crippen LogP contribution in [0.1, 0.15) is 59.3 Å². The fraction of sp³-hybridized carbons (Fsp3) is 0.933. The van der Waals surface area contributed by atoms with Crippen LogP contribution in [0, 0.1) is 5.92 Å². The normalized spacial score (nSPS) is 18.9. The molecule has 106 valence electrons. The highest BCUT2D eigenvalue weighted by Crippen LogP contribution is 2.17. The molecular weight excluding hydrogens is 224 g/mol. The van der Waals surface area contributed by atoms with E-state index in [9.17, 15) is 4.79 Å². The monoisotopic (exact) mass is 254 g/mol. The average molecular weight is 254 g/mol. The third kappa shape index (κ3) is 5.85. The fourth-order valence-electron chi connectivity index (χ4n) is 2.74. The van der Waals surface area contributed by atoms with Crippen LogP contribution in [0.3, 0.4) is 0 Å². The highest BCUT2D eigenvalue weighted by atomic mass is 16.1. The first-order valence-electron chi connectivity index (χ1n) is 7.64. The summed E-state index contributed by atoms with van der Waals surface area (Å²) in [5.74, 6) is 0.906. The molecule has 0 aromatic carbocycles. The maximum Gasteiger partial charge on any atom is 0.220 e. The summed E-state index contributed by atoms with van der Waals surface area (Å²) in [6.07, 6.45) is 6.79. The third-order valence-electron chi connectivity index (χ3n) is 3.66. The number of nitrogens with one attached hydrogen (secondary N) is 1. The molecule has 0 radical (unpaired) electrons. The largest absolute Gasteiger partial charge is 0.355 e. The van der Waals surface area contributed by atoms with Crippen molar-refractivity contribution in [2.45, 2.75) is 65.3 Å². The number of carbonyl (C=O) groups is 1. The number of likely N-dealkylation sites (tertiary alicyclic amines) is 1. The first-order chi connectivity index (χ1) is 8.63. The molecular formula is C15H30N2O. The van der Waals surface area contributed by atoms with Gasteiger partial charge in [-0.3, -0.25) is 9.69 Å². The van der Waals surface area contributed by atoms with Gasteiger partial charge in [0.2, 0.25) is 5.91 Å². The minimum Gasteiger partial charge on any atom is -0.355 e. The van der Waals surface area contributed by atoms with Gasteiger partial charge < -0.3 is 5.32 Å². The number of piperidine rings is 1. The summed E-state index contributed by atoms with van der Waals surface area (Å²) in [7, 11) is 0. The Bertz CT molecular complexity index is 235. The van der Waals surface area contributed by atoms with Crippen LogP contribution >= 0.6 is 0 Å². The zero-order valence-electron chi connectivity index (χ0n) is 12.4. The molecule has 1 atom stereocenters. The number of carbonyl (C=O) groups excluding carboxylic acids is 1. The quantitative estimate of drug-likeness (QED) is 0.757. The summed E-state index contributed by atoms with van der Waals surface area (Å²) < 4.78 is 0. The molecule has 1 unspecified atom stereocenters. The number of rotatable bonds is 7. The predicted molar refractivity (Wildman–Crippen MR) is 76.6 cm³/mol. The average Bonchev–Trinajstić information content (AvgIpc) is 2.35. The summed E-state index contributed by atoms with van der Waals surface area (Å²) in [5, 5.41) is 3.11. The Kier molecular flexibility index (Phi) is 7.33. The van der Waals surface area contributed by atoms with E-state index in [1.54, 1.807) is 0 Å². The Morgan fingerprint density at radius 2 is 1.89 bits per heavy atom. The van der Waals surface area contributed by atoms with Crippen molar-refractivity contribution in [1.29, 1.82) is 0 Å². The lowest BCUT2D eigenvalue weighted by Gasteiger charge is -2.35. The van der Waals surface area contributed by atoms with E-state index in [1.807, 2.05) is 0 Å². The van der Waals surface area contributed by atoms with E-state index in [1.165, 1.54) is 38.8 Å². The Balaban J connectivity index is 2.41. The lowest BCUT2D eigenvalue weighted by molar-refractivity contribution is -0.121. The van der Waals surface area contributed by atoms with Gasteiger partial charge in [-0.25, -0.2) is 0 Å². The Hall–Kier alpha value is -0.570. The second-order valence-corrected chi connectivity index (χ2v) is 5.93. The summed E-state index contributed by atoms with van der Waals surface area (Å²) in [6.45, 7) is 9.84. The fourth-order valence-corrected chi connectivity index (χ4v) is 2.74. The summed E-state index contributed by atoms with van der Waals surface area (Å²) in [4.78, 5) is 14.2. The van der Waals surface area contributed by atoms with Crippen LogP contribution in [0.4, 0.5) is 0 Å². The first kappa shape index (κ1) is 15.5. The first-order valence-corrected chi connectivity index (χ1v) is 7.64. The van der Waals surface area contributed by atoms with Gasteiger partial charge in [0.05, 0.1) is 0 Å². The van der Waals surface area contributed by atoms with Crippen molar-refractivity contribution in [3.8, 4) is 0 Å². The lowest BCUT2D eigenvalue weighted by Crippen LogP contribution is -2.46. The van der Waals surface area contributed by atoms with Gasteiger partial charge in [-0.1, -0.05) is 27.2 Å². The Morgan fingerprint density at radius 3 is 2.44 bits per heavy atom. The summed E-state index contributed by atoms with van der Waals surface area (Å²) in [5.41, 5.74) is 0.